The van der Waals surface area contributed by atoms with E-state index < -0.39 is 0 Å². The van der Waals surface area contributed by atoms with Crippen LogP contribution in [0.1, 0.15) is 36.3 Å². The highest BCUT2D eigenvalue weighted by Gasteiger charge is 2.36. The van der Waals surface area contributed by atoms with Gasteiger partial charge in [-0.1, -0.05) is 13.0 Å². The number of nitrogens with one attached hydrogen (secondary N) is 1. The van der Waals surface area contributed by atoms with Crippen LogP contribution in [-0.2, 0) is 10.5 Å². The maximum atomic E-state index is 12.1. The summed E-state index contributed by atoms with van der Waals surface area (Å²) in [6, 6.07) is 15.8. The third kappa shape index (κ3) is 4.93. The molecule has 1 aliphatic rings. The van der Waals surface area contributed by atoms with Crippen molar-refractivity contribution in [2.75, 3.05) is 5.32 Å². The lowest BCUT2D eigenvalue weighted by atomic mass is 10.3. The predicted octanol–water partition coefficient (Wildman–Crippen LogP) is 5.74. The highest BCUT2D eigenvalue weighted by Crippen LogP contribution is 2.47. The Bertz CT molecular complexity index is 964. The van der Waals surface area contributed by atoms with Crippen molar-refractivity contribution < 1.29 is 9.21 Å². The molecule has 4 rings (SSSR count). The standard InChI is InChI=1S/C23H22N2O2S/c1-16-13-21(16)22-10-6-19(27-22)7-11-23(26)25-18-4-8-20(9-5-18)28-15-17-3-2-12-24-14-17/h2-12,14,16,21H,13,15H2,1H3,(H,25,26)/b11-7+. The monoisotopic (exact) mass is 390 g/mol. The fourth-order valence-electron chi connectivity index (χ4n) is 3.00. The lowest BCUT2D eigenvalue weighted by molar-refractivity contribution is -0.111. The second-order valence-corrected chi connectivity index (χ2v) is 8.11. The van der Waals surface area contributed by atoms with Crippen LogP contribution in [0.2, 0.25) is 0 Å². The average Bonchev–Trinajstić information content (AvgIpc) is 3.26. The van der Waals surface area contributed by atoms with Crippen LogP contribution in [0.15, 0.2) is 76.3 Å². The maximum absolute atomic E-state index is 12.1. The van der Waals surface area contributed by atoms with Gasteiger partial charge in [0.2, 0.25) is 5.91 Å². The normalized spacial score (nSPS) is 18.3. The summed E-state index contributed by atoms with van der Waals surface area (Å²) in [7, 11) is 0. The summed E-state index contributed by atoms with van der Waals surface area (Å²) >= 11 is 1.74. The molecule has 3 aromatic rings. The minimum Gasteiger partial charge on any atom is -0.461 e. The first-order chi connectivity index (χ1) is 13.7. The van der Waals surface area contributed by atoms with E-state index in [1.54, 1.807) is 24.0 Å². The van der Waals surface area contributed by atoms with Gasteiger partial charge in [0.15, 0.2) is 0 Å². The summed E-state index contributed by atoms with van der Waals surface area (Å²) in [5.74, 6) is 3.68. The van der Waals surface area contributed by atoms with E-state index in [4.69, 9.17) is 4.42 Å². The third-order valence-electron chi connectivity index (χ3n) is 4.77. The molecule has 2 heterocycles. The third-order valence-corrected chi connectivity index (χ3v) is 5.85. The van der Waals surface area contributed by atoms with Crippen molar-refractivity contribution in [1.29, 1.82) is 0 Å². The molecule has 142 valence electrons. The Balaban J connectivity index is 1.27. The van der Waals surface area contributed by atoms with Crippen LogP contribution in [0.3, 0.4) is 0 Å². The molecule has 5 heteroatoms. The molecule has 2 atom stereocenters. The SMILES string of the molecule is CC1CC1c1ccc(/C=C/C(=O)Nc2ccc(SCc3cccnc3)cc2)o1. The van der Waals surface area contributed by atoms with Crippen LogP contribution in [0, 0.1) is 5.92 Å². The Morgan fingerprint density at radius 1 is 1.25 bits per heavy atom. The molecular formula is C23H22N2O2S. The average molecular weight is 391 g/mol. The second-order valence-electron chi connectivity index (χ2n) is 7.06. The van der Waals surface area contributed by atoms with Gasteiger partial charge in [-0.25, -0.2) is 0 Å². The number of carbonyl (C=O) groups excluding carboxylic acids is 1. The van der Waals surface area contributed by atoms with E-state index in [0.29, 0.717) is 17.6 Å². The number of benzene rings is 1. The number of aromatic nitrogens is 1. The number of hydrogen-bond donors (Lipinski definition) is 1. The Morgan fingerprint density at radius 3 is 2.79 bits per heavy atom. The largest absolute Gasteiger partial charge is 0.461 e. The molecule has 4 nitrogen and oxygen atoms in total. The van der Waals surface area contributed by atoms with Gasteiger partial charge in [0.05, 0.1) is 0 Å². The van der Waals surface area contributed by atoms with Gasteiger partial charge in [0.25, 0.3) is 0 Å². The van der Waals surface area contributed by atoms with Gasteiger partial charge in [-0.2, -0.15) is 0 Å². The van der Waals surface area contributed by atoms with Gasteiger partial charge >= 0.3 is 0 Å². The van der Waals surface area contributed by atoms with E-state index >= 15 is 0 Å². The highest BCUT2D eigenvalue weighted by atomic mass is 32.2. The summed E-state index contributed by atoms with van der Waals surface area (Å²) < 4.78 is 5.78. The van der Waals surface area contributed by atoms with Crippen molar-refractivity contribution in [2.24, 2.45) is 5.92 Å². The van der Waals surface area contributed by atoms with Gasteiger partial charge in [-0.05, 0) is 66.4 Å². The molecule has 1 fully saturated rings. The van der Waals surface area contributed by atoms with Crippen LogP contribution < -0.4 is 5.32 Å². The Kier molecular flexibility index (Phi) is 5.63. The summed E-state index contributed by atoms with van der Waals surface area (Å²) in [5.41, 5.74) is 1.96. The van der Waals surface area contributed by atoms with E-state index in [9.17, 15) is 4.79 Å². The second kappa shape index (κ2) is 8.48. The highest BCUT2D eigenvalue weighted by molar-refractivity contribution is 7.98. The molecule has 2 unspecified atom stereocenters. The molecule has 0 radical (unpaired) electrons. The molecular weight excluding hydrogens is 368 g/mol. The number of carbonyl (C=O) groups is 1. The van der Waals surface area contributed by atoms with E-state index in [1.165, 1.54) is 18.1 Å². The molecule has 0 saturated heterocycles. The van der Waals surface area contributed by atoms with Gasteiger partial charge in [-0.15, -0.1) is 11.8 Å². The molecule has 1 amide bonds. The van der Waals surface area contributed by atoms with Crippen LogP contribution in [0.4, 0.5) is 5.69 Å². The number of amides is 1. The Hall–Kier alpha value is -2.79. The molecule has 0 bridgehead atoms. The van der Waals surface area contributed by atoms with Gasteiger partial charge in [0, 0.05) is 40.7 Å². The number of furan rings is 1. The summed E-state index contributed by atoms with van der Waals surface area (Å²) in [6.07, 6.45) is 8.06. The Morgan fingerprint density at radius 2 is 2.07 bits per heavy atom. The Labute approximate surface area is 169 Å². The minimum absolute atomic E-state index is 0.173. The molecule has 1 saturated carbocycles. The van der Waals surface area contributed by atoms with E-state index in [-0.39, 0.29) is 5.91 Å². The first-order valence-corrected chi connectivity index (χ1v) is 10.4. The smallest absolute Gasteiger partial charge is 0.248 e. The number of rotatable bonds is 7. The first kappa shape index (κ1) is 18.6. The zero-order valence-electron chi connectivity index (χ0n) is 15.7. The minimum atomic E-state index is -0.173. The maximum Gasteiger partial charge on any atom is 0.248 e. The van der Waals surface area contributed by atoms with Crippen LogP contribution in [0.5, 0.6) is 0 Å². The number of anilines is 1. The molecule has 28 heavy (non-hydrogen) atoms. The van der Waals surface area contributed by atoms with Crippen molar-refractivity contribution in [3.8, 4) is 0 Å². The van der Waals surface area contributed by atoms with Crippen molar-refractivity contribution in [2.45, 2.75) is 29.9 Å². The summed E-state index contributed by atoms with van der Waals surface area (Å²) in [6.45, 7) is 2.22. The topological polar surface area (TPSA) is 55.1 Å². The number of pyridine rings is 1. The number of thioether (sulfide) groups is 1. The van der Waals surface area contributed by atoms with E-state index in [0.717, 1.165) is 22.1 Å². The van der Waals surface area contributed by atoms with Crippen molar-refractivity contribution in [3.05, 3.63) is 84.1 Å². The molecule has 2 aromatic heterocycles. The molecule has 1 aromatic carbocycles. The van der Waals surface area contributed by atoms with Crippen LogP contribution >= 0.6 is 11.8 Å². The predicted molar refractivity (Wildman–Crippen MR) is 113 cm³/mol. The van der Waals surface area contributed by atoms with Crippen molar-refractivity contribution in [3.63, 3.8) is 0 Å². The summed E-state index contributed by atoms with van der Waals surface area (Å²) in [4.78, 5) is 17.4. The van der Waals surface area contributed by atoms with Gasteiger partial charge in [0.1, 0.15) is 11.5 Å². The van der Waals surface area contributed by atoms with E-state index in [1.807, 2.05) is 48.7 Å². The van der Waals surface area contributed by atoms with Crippen molar-refractivity contribution in [1.82, 2.24) is 4.98 Å². The van der Waals surface area contributed by atoms with Crippen LogP contribution in [0.25, 0.3) is 6.08 Å². The number of hydrogen-bond acceptors (Lipinski definition) is 4. The lowest BCUT2D eigenvalue weighted by Gasteiger charge is -2.05. The molecule has 1 N–H and O–H groups in total. The number of nitrogens with zero attached hydrogens (tertiary/aromatic N) is 1. The fourth-order valence-corrected chi connectivity index (χ4v) is 3.83. The summed E-state index contributed by atoms with van der Waals surface area (Å²) in [5, 5.41) is 2.88. The lowest BCUT2D eigenvalue weighted by Crippen LogP contribution is -2.07. The van der Waals surface area contributed by atoms with Gasteiger partial charge in [-0.3, -0.25) is 9.78 Å². The molecule has 1 aliphatic carbocycles. The van der Waals surface area contributed by atoms with Gasteiger partial charge < -0.3 is 9.73 Å². The first-order valence-electron chi connectivity index (χ1n) is 9.38. The molecule has 0 aliphatic heterocycles. The zero-order valence-corrected chi connectivity index (χ0v) is 16.5. The molecule has 0 spiro atoms. The van der Waals surface area contributed by atoms with Crippen LogP contribution in [-0.4, -0.2) is 10.9 Å². The van der Waals surface area contributed by atoms with E-state index in [2.05, 4.69) is 23.3 Å². The van der Waals surface area contributed by atoms with Crippen molar-refractivity contribution >= 4 is 29.4 Å². The quantitative estimate of drug-likeness (QED) is 0.413. The zero-order chi connectivity index (χ0) is 19.3. The fraction of sp³-hybridized carbons (Fsp3) is 0.217.